The number of benzene rings is 1. The van der Waals surface area contributed by atoms with Crippen molar-refractivity contribution in [2.24, 2.45) is 11.7 Å². The van der Waals surface area contributed by atoms with Gasteiger partial charge in [-0.1, -0.05) is 30.3 Å². The summed E-state index contributed by atoms with van der Waals surface area (Å²) in [6, 6.07) is 11.1. The first-order valence-electron chi connectivity index (χ1n) is 10.5. The van der Waals surface area contributed by atoms with Gasteiger partial charge in [0.05, 0.1) is 24.2 Å². The van der Waals surface area contributed by atoms with Crippen LogP contribution in [0.3, 0.4) is 0 Å². The fourth-order valence-electron chi connectivity index (χ4n) is 4.99. The van der Waals surface area contributed by atoms with E-state index >= 15 is 0 Å². The maximum atomic E-state index is 13.0. The summed E-state index contributed by atoms with van der Waals surface area (Å²) in [5, 5.41) is 9.32. The third-order valence-corrected chi connectivity index (χ3v) is 6.80. The van der Waals surface area contributed by atoms with Gasteiger partial charge in [0, 0.05) is 19.1 Å². The molecule has 1 saturated carbocycles. The number of hydrogen-bond donors (Lipinski definition) is 1. The average molecular weight is 396 g/mol. The Kier molecular flexibility index (Phi) is 5.32. The highest BCUT2D eigenvalue weighted by molar-refractivity contribution is 5.85. The highest BCUT2D eigenvalue weighted by Crippen LogP contribution is 2.47. The van der Waals surface area contributed by atoms with Crippen molar-refractivity contribution in [3.63, 3.8) is 0 Å². The molecule has 29 heavy (non-hydrogen) atoms. The van der Waals surface area contributed by atoms with Crippen LogP contribution in [0.25, 0.3) is 0 Å². The third kappa shape index (κ3) is 3.63. The third-order valence-electron chi connectivity index (χ3n) is 6.80. The maximum absolute atomic E-state index is 13.0. The van der Waals surface area contributed by atoms with Crippen LogP contribution in [0.15, 0.2) is 30.3 Å². The number of rotatable bonds is 6. The SMILES string of the molecule is C[C@@H](c1ccccc1)N1CC[C@@H](N(C)C[C@H](N)C(=O)N2[C@H](C#N)C[C@@H]3C[C@@H]32)C1=O. The van der Waals surface area contributed by atoms with Gasteiger partial charge in [-0.15, -0.1) is 0 Å². The smallest absolute Gasteiger partial charge is 0.242 e. The first-order chi connectivity index (χ1) is 13.9. The molecule has 3 fully saturated rings. The Balaban J connectivity index is 1.36. The number of likely N-dealkylation sites (N-methyl/N-ethyl adjacent to an activating group) is 1. The fourth-order valence-corrected chi connectivity index (χ4v) is 4.99. The van der Waals surface area contributed by atoms with E-state index in [1.54, 1.807) is 4.90 Å². The number of nitriles is 1. The molecule has 6 atom stereocenters. The fraction of sp³-hybridized carbons (Fsp3) is 0.591. The van der Waals surface area contributed by atoms with Crippen LogP contribution in [-0.2, 0) is 9.59 Å². The molecular weight excluding hydrogens is 366 g/mol. The lowest BCUT2D eigenvalue weighted by Crippen LogP contribution is -2.53. The lowest BCUT2D eigenvalue weighted by Gasteiger charge is -2.31. The van der Waals surface area contributed by atoms with Gasteiger partial charge < -0.3 is 15.5 Å². The van der Waals surface area contributed by atoms with Gasteiger partial charge in [-0.3, -0.25) is 14.5 Å². The number of piperidine rings is 1. The molecule has 2 heterocycles. The molecule has 1 aliphatic carbocycles. The number of carbonyl (C=O) groups is 2. The Morgan fingerprint density at radius 1 is 1.34 bits per heavy atom. The Morgan fingerprint density at radius 3 is 2.76 bits per heavy atom. The predicted octanol–water partition coefficient (Wildman–Crippen LogP) is 1.12. The molecule has 2 saturated heterocycles. The summed E-state index contributed by atoms with van der Waals surface area (Å²) in [6.45, 7) is 3.06. The number of nitrogens with zero attached hydrogens (tertiary/aromatic N) is 4. The van der Waals surface area contributed by atoms with E-state index in [1.165, 1.54) is 0 Å². The van der Waals surface area contributed by atoms with Crippen LogP contribution in [0.4, 0.5) is 0 Å². The molecule has 154 valence electrons. The van der Waals surface area contributed by atoms with Crippen LogP contribution in [0.2, 0.25) is 0 Å². The second-order valence-electron chi connectivity index (χ2n) is 8.66. The summed E-state index contributed by atoms with van der Waals surface area (Å²) in [6.07, 6.45) is 2.48. The summed E-state index contributed by atoms with van der Waals surface area (Å²) >= 11 is 0. The van der Waals surface area contributed by atoms with E-state index in [0.717, 1.165) is 24.8 Å². The molecule has 3 aliphatic rings. The normalized spacial score (nSPS) is 30.2. The first-order valence-corrected chi connectivity index (χ1v) is 10.5. The van der Waals surface area contributed by atoms with Gasteiger partial charge in [0.2, 0.25) is 11.8 Å². The molecule has 0 spiro atoms. The summed E-state index contributed by atoms with van der Waals surface area (Å²) in [5.74, 6) is 0.396. The quantitative estimate of drug-likeness (QED) is 0.779. The van der Waals surface area contributed by atoms with E-state index in [2.05, 4.69) is 6.07 Å². The molecule has 7 nitrogen and oxygen atoms in total. The Bertz CT molecular complexity index is 822. The number of carbonyl (C=O) groups excluding carboxylic acids is 2. The minimum absolute atomic E-state index is 0.0187. The Morgan fingerprint density at radius 2 is 2.07 bits per heavy atom. The standard InChI is InChI=1S/C22H29N5O2/c1-14(15-6-4-3-5-7-15)26-9-8-19(22(26)29)25(2)13-18(24)21(28)27-17(12-23)10-16-11-20(16)27/h3-7,14,16-20H,8-11,13,24H2,1-2H3/t14-,16+,17-,18-,19+,20-/m0/s1. The molecule has 2 aliphatic heterocycles. The topological polar surface area (TPSA) is 93.7 Å². The molecule has 0 unspecified atom stereocenters. The van der Waals surface area contributed by atoms with E-state index in [1.807, 2.05) is 54.1 Å². The van der Waals surface area contributed by atoms with Crippen LogP contribution in [0, 0.1) is 17.2 Å². The Labute approximate surface area is 172 Å². The molecule has 0 radical (unpaired) electrons. The van der Waals surface area contributed by atoms with Gasteiger partial charge >= 0.3 is 0 Å². The van der Waals surface area contributed by atoms with Gasteiger partial charge in [0.15, 0.2) is 0 Å². The zero-order chi connectivity index (χ0) is 20.7. The molecule has 2 N–H and O–H groups in total. The van der Waals surface area contributed by atoms with Crippen molar-refractivity contribution in [2.45, 2.75) is 56.4 Å². The van der Waals surface area contributed by atoms with Gasteiger partial charge in [-0.25, -0.2) is 0 Å². The van der Waals surface area contributed by atoms with Crippen LogP contribution in [-0.4, -0.2) is 70.8 Å². The van der Waals surface area contributed by atoms with Crippen molar-refractivity contribution in [3.05, 3.63) is 35.9 Å². The van der Waals surface area contributed by atoms with Gasteiger partial charge in [0.1, 0.15) is 6.04 Å². The van der Waals surface area contributed by atoms with E-state index < -0.39 is 6.04 Å². The average Bonchev–Trinajstić information content (AvgIpc) is 3.22. The largest absolute Gasteiger partial charge is 0.335 e. The molecule has 7 heteroatoms. The highest BCUT2D eigenvalue weighted by atomic mass is 16.2. The molecular formula is C22H29N5O2. The molecule has 0 bridgehead atoms. The molecule has 1 aromatic carbocycles. The predicted molar refractivity (Wildman–Crippen MR) is 108 cm³/mol. The zero-order valence-corrected chi connectivity index (χ0v) is 17.1. The number of nitrogens with two attached hydrogens (primary N) is 1. The number of hydrogen-bond acceptors (Lipinski definition) is 5. The van der Waals surface area contributed by atoms with Crippen molar-refractivity contribution in [1.29, 1.82) is 5.26 Å². The zero-order valence-electron chi connectivity index (χ0n) is 17.1. The summed E-state index contributed by atoms with van der Waals surface area (Å²) in [7, 11) is 1.86. The van der Waals surface area contributed by atoms with E-state index in [9.17, 15) is 14.9 Å². The van der Waals surface area contributed by atoms with Gasteiger partial charge in [-0.05, 0) is 44.7 Å². The maximum Gasteiger partial charge on any atom is 0.242 e. The van der Waals surface area contributed by atoms with Crippen molar-refractivity contribution < 1.29 is 9.59 Å². The van der Waals surface area contributed by atoms with E-state index in [0.29, 0.717) is 19.0 Å². The minimum atomic E-state index is -0.719. The first kappa shape index (κ1) is 19.9. The highest BCUT2D eigenvalue weighted by Gasteiger charge is 2.54. The van der Waals surface area contributed by atoms with Crippen LogP contribution in [0.5, 0.6) is 0 Å². The van der Waals surface area contributed by atoms with Crippen LogP contribution < -0.4 is 5.73 Å². The monoisotopic (exact) mass is 395 g/mol. The van der Waals surface area contributed by atoms with Gasteiger partial charge in [-0.2, -0.15) is 5.26 Å². The van der Waals surface area contributed by atoms with Crippen LogP contribution in [0.1, 0.15) is 37.8 Å². The minimum Gasteiger partial charge on any atom is -0.335 e. The van der Waals surface area contributed by atoms with Crippen LogP contribution >= 0.6 is 0 Å². The number of amides is 2. The second-order valence-corrected chi connectivity index (χ2v) is 8.66. The molecule has 1 aromatic rings. The second kappa shape index (κ2) is 7.77. The Hall–Kier alpha value is -2.43. The van der Waals surface area contributed by atoms with Crippen molar-refractivity contribution in [2.75, 3.05) is 20.1 Å². The lowest BCUT2D eigenvalue weighted by molar-refractivity contribution is -0.136. The number of fused-ring (bicyclic) bond motifs is 1. The summed E-state index contributed by atoms with van der Waals surface area (Å²) in [4.78, 5) is 31.4. The summed E-state index contributed by atoms with van der Waals surface area (Å²) < 4.78 is 0. The number of likely N-dealkylation sites (tertiary alicyclic amines) is 2. The molecule has 0 aromatic heterocycles. The summed E-state index contributed by atoms with van der Waals surface area (Å²) in [5.41, 5.74) is 7.34. The molecule has 4 rings (SSSR count). The van der Waals surface area contributed by atoms with Crippen molar-refractivity contribution in [1.82, 2.24) is 14.7 Å². The lowest BCUT2D eigenvalue weighted by atomic mass is 10.1. The van der Waals surface area contributed by atoms with E-state index in [-0.39, 0.29) is 36.0 Å². The van der Waals surface area contributed by atoms with Crippen molar-refractivity contribution >= 4 is 11.8 Å². The van der Waals surface area contributed by atoms with Gasteiger partial charge in [0.25, 0.3) is 0 Å². The van der Waals surface area contributed by atoms with Crippen molar-refractivity contribution in [3.8, 4) is 6.07 Å². The molecule has 2 amide bonds. The van der Waals surface area contributed by atoms with E-state index in [4.69, 9.17) is 5.73 Å².